The lowest BCUT2D eigenvalue weighted by atomic mass is 10.3. The first-order chi connectivity index (χ1) is 5.59. The highest BCUT2D eigenvalue weighted by atomic mass is 19.1. The first kappa shape index (κ1) is 8.58. The number of nitrogens with zero attached hydrogens (tertiary/aromatic N) is 1. The van der Waals surface area contributed by atoms with Gasteiger partial charge in [0.15, 0.2) is 0 Å². The average Bonchev–Trinajstić information content (AvgIpc) is 2.11. The largest absolute Gasteiger partial charge is 0.268 e. The summed E-state index contributed by atoms with van der Waals surface area (Å²) in [5.74, 6) is -0.810. The monoisotopic (exact) mass is 173 g/mol. The lowest BCUT2D eigenvalue weighted by molar-refractivity contribution is -0.419. The smallest absolute Gasteiger partial charge is 0.258 e. The zero-order chi connectivity index (χ0) is 9.14. The van der Waals surface area contributed by atoms with Gasteiger partial charge in [-0.1, -0.05) is 0 Å². The fourth-order valence-corrected chi connectivity index (χ4v) is 0.761. The van der Waals surface area contributed by atoms with Crippen molar-refractivity contribution in [2.24, 2.45) is 0 Å². The van der Waals surface area contributed by atoms with Crippen LogP contribution in [0.1, 0.15) is 0 Å². The molecule has 0 aromatic rings. The van der Waals surface area contributed by atoms with Crippen LogP contribution in [-0.4, -0.2) is 11.1 Å². The van der Waals surface area contributed by atoms with Crippen LogP contribution in [0, 0.1) is 10.1 Å². The molecule has 64 valence electrons. The van der Waals surface area contributed by atoms with Crippen molar-refractivity contribution in [2.75, 3.05) is 0 Å². The van der Waals surface area contributed by atoms with E-state index in [4.69, 9.17) is 0 Å². The summed E-state index contributed by atoms with van der Waals surface area (Å²) >= 11 is 0. The maximum absolute atomic E-state index is 12.6. The molecule has 0 saturated carbocycles. The normalized spacial score (nSPS) is 22.7. The molecule has 1 atom stereocenters. The van der Waals surface area contributed by atoms with Gasteiger partial charge >= 0.3 is 0 Å². The van der Waals surface area contributed by atoms with Crippen LogP contribution in [0.3, 0.4) is 0 Å². The quantitative estimate of drug-likeness (QED) is 0.449. The van der Waals surface area contributed by atoms with Crippen molar-refractivity contribution in [3.05, 3.63) is 45.9 Å². The van der Waals surface area contributed by atoms with Crippen LogP contribution in [-0.2, 0) is 0 Å². The molecule has 12 heavy (non-hydrogen) atoms. The van der Waals surface area contributed by atoms with Gasteiger partial charge in [-0.25, -0.2) is 8.78 Å². The molecule has 0 bridgehead atoms. The van der Waals surface area contributed by atoms with Crippen molar-refractivity contribution < 1.29 is 13.7 Å². The summed E-state index contributed by atoms with van der Waals surface area (Å²) in [6, 6.07) is 0. The van der Waals surface area contributed by atoms with Gasteiger partial charge < -0.3 is 0 Å². The summed E-state index contributed by atoms with van der Waals surface area (Å²) < 4.78 is 25.0. The molecular weight excluding hydrogens is 168 g/mol. The van der Waals surface area contributed by atoms with Gasteiger partial charge in [-0.3, -0.25) is 10.1 Å². The molecule has 0 heterocycles. The van der Waals surface area contributed by atoms with Crippen molar-refractivity contribution in [3.63, 3.8) is 0 Å². The molecule has 0 amide bonds. The van der Waals surface area contributed by atoms with E-state index in [9.17, 15) is 18.9 Å². The summed E-state index contributed by atoms with van der Waals surface area (Å²) in [5, 5.41) is 10.1. The fraction of sp³-hybridized carbons (Fsp3) is 0.143. The SMILES string of the molecule is O=[N+]([O-])C1=CC(F)C=C(F)C=C1. The van der Waals surface area contributed by atoms with E-state index in [1.54, 1.807) is 0 Å². The summed E-state index contributed by atoms with van der Waals surface area (Å²) in [6.07, 6.45) is 1.44. The maximum Gasteiger partial charge on any atom is 0.268 e. The summed E-state index contributed by atoms with van der Waals surface area (Å²) in [6.45, 7) is 0. The molecule has 0 aromatic carbocycles. The lowest BCUT2D eigenvalue weighted by Gasteiger charge is -1.91. The molecule has 0 aliphatic heterocycles. The highest BCUT2D eigenvalue weighted by molar-refractivity contribution is 5.27. The van der Waals surface area contributed by atoms with Crippen molar-refractivity contribution in [3.8, 4) is 0 Å². The van der Waals surface area contributed by atoms with E-state index in [1.165, 1.54) is 0 Å². The molecular formula is C7H5F2NO2. The second-order valence-electron chi connectivity index (χ2n) is 2.18. The lowest BCUT2D eigenvalue weighted by Crippen LogP contribution is -1.98. The van der Waals surface area contributed by atoms with Crippen molar-refractivity contribution >= 4 is 0 Å². The number of halogens is 2. The fourth-order valence-electron chi connectivity index (χ4n) is 0.761. The van der Waals surface area contributed by atoms with E-state index in [-0.39, 0.29) is 0 Å². The molecule has 0 N–H and O–H groups in total. The Morgan fingerprint density at radius 2 is 2.08 bits per heavy atom. The van der Waals surface area contributed by atoms with E-state index in [0.717, 1.165) is 18.2 Å². The van der Waals surface area contributed by atoms with Gasteiger partial charge in [0.1, 0.15) is 12.0 Å². The number of hydrogen-bond donors (Lipinski definition) is 0. The molecule has 1 aliphatic rings. The van der Waals surface area contributed by atoms with Gasteiger partial charge in [0, 0.05) is 12.2 Å². The minimum absolute atomic E-state index is 0.439. The van der Waals surface area contributed by atoms with E-state index in [2.05, 4.69) is 0 Å². The third-order valence-electron chi connectivity index (χ3n) is 1.27. The number of hydrogen-bond acceptors (Lipinski definition) is 2. The minimum Gasteiger partial charge on any atom is -0.258 e. The number of allylic oxidation sites excluding steroid dienone is 5. The Bertz CT molecular complexity index is 294. The third kappa shape index (κ3) is 1.98. The first-order valence-electron chi connectivity index (χ1n) is 3.15. The van der Waals surface area contributed by atoms with Gasteiger partial charge in [0.2, 0.25) is 0 Å². The molecule has 0 radical (unpaired) electrons. The van der Waals surface area contributed by atoms with Crippen LogP contribution in [0.2, 0.25) is 0 Å². The Morgan fingerprint density at radius 3 is 2.67 bits per heavy atom. The van der Waals surface area contributed by atoms with Crippen LogP contribution in [0.15, 0.2) is 35.8 Å². The molecule has 1 aliphatic carbocycles. The van der Waals surface area contributed by atoms with E-state index < -0.39 is 22.6 Å². The minimum atomic E-state index is -1.74. The molecule has 1 rings (SSSR count). The second kappa shape index (κ2) is 3.25. The standard InChI is InChI=1S/C7H5F2NO2/c8-5-1-2-7(10(11)12)4-6(9)3-5/h1-4,6H. The van der Waals surface area contributed by atoms with Gasteiger partial charge in [0.25, 0.3) is 5.70 Å². The highest BCUT2D eigenvalue weighted by Gasteiger charge is 2.13. The molecule has 3 nitrogen and oxygen atoms in total. The summed E-state index contributed by atoms with van der Waals surface area (Å²) in [7, 11) is 0. The predicted octanol–water partition coefficient (Wildman–Crippen LogP) is 1.91. The highest BCUT2D eigenvalue weighted by Crippen LogP contribution is 2.14. The number of rotatable bonds is 1. The average molecular weight is 173 g/mol. The van der Waals surface area contributed by atoms with E-state index in [1.807, 2.05) is 0 Å². The number of alkyl halides is 1. The first-order valence-corrected chi connectivity index (χ1v) is 3.15. The van der Waals surface area contributed by atoms with Crippen LogP contribution in [0.5, 0.6) is 0 Å². The molecule has 1 unspecified atom stereocenters. The topological polar surface area (TPSA) is 43.1 Å². The zero-order valence-electron chi connectivity index (χ0n) is 5.91. The van der Waals surface area contributed by atoms with Crippen LogP contribution in [0.4, 0.5) is 8.78 Å². The van der Waals surface area contributed by atoms with Crippen molar-refractivity contribution in [2.45, 2.75) is 6.17 Å². The molecule has 0 spiro atoms. The summed E-state index contributed by atoms with van der Waals surface area (Å²) in [4.78, 5) is 9.36. The Kier molecular flexibility index (Phi) is 2.32. The van der Waals surface area contributed by atoms with Crippen molar-refractivity contribution in [1.29, 1.82) is 0 Å². The maximum atomic E-state index is 12.6. The van der Waals surface area contributed by atoms with Crippen LogP contribution in [0.25, 0.3) is 0 Å². The molecule has 0 saturated heterocycles. The van der Waals surface area contributed by atoms with Crippen LogP contribution < -0.4 is 0 Å². The Hall–Kier alpha value is -1.52. The third-order valence-corrected chi connectivity index (χ3v) is 1.27. The molecule has 0 aromatic heterocycles. The Labute approximate surface area is 66.8 Å². The predicted molar refractivity (Wildman–Crippen MR) is 38.3 cm³/mol. The Morgan fingerprint density at radius 1 is 1.42 bits per heavy atom. The Balaban J connectivity index is 2.95. The van der Waals surface area contributed by atoms with Gasteiger partial charge in [-0.15, -0.1) is 0 Å². The van der Waals surface area contributed by atoms with Gasteiger partial charge in [-0.05, 0) is 12.2 Å². The number of nitro groups is 1. The van der Waals surface area contributed by atoms with Crippen LogP contribution >= 0.6 is 0 Å². The van der Waals surface area contributed by atoms with E-state index >= 15 is 0 Å². The van der Waals surface area contributed by atoms with Crippen molar-refractivity contribution in [1.82, 2.24) is 0 Å². The van der Waals surface area contributed by atoms with Gasteiger partial charge in [0.05, 0.1) is 4.92 Å². The van der Waals surface area contributed by atoms with Gasteiger partial charge in [-0.2, -0.15) is 0 Å². The summed E-state index contributed by atoms with van der Waals surface area (Å²) in [5.41, 5.74) is -0.439. The van der Waals surface area contributed by atoms with E-state index in [0.29, 0.717) is 6.08 Å². The molecule has 0 fully saturated rings. The molecule has 5 heteroatoms. The second-order valence-corrected chi connectivity index (χ2v) is 2.18. The zero-order valence-corrected chi connectivity index (χ0v) is 5.91.